The summed E-state index contributed by atoms with van der Waals surface area (Å²) in [6.07, 6.45) is 109. The van der Waals surface area contributed by atoms with Crippen LogP contribution in [0.4, 0.5) is 0 Å². The molecule has 0 bridgehead atoms. The summed E-state index contributed by atoms with van der Waals surface area (Å²) in [4.78, 5) is 37.6. The maximum atomic E-state index is 13.0. The molecule has 99 heavy (non-hydrogen) atoms. The van der Waals surface area contributed by atoms with E-state index in [-0.39, 0.29) is 32.2 Å². The van der Waals surface area contributed by atoms with Gasteiger partial charge in [-0.1, -0.05) is 380 Å². The summed E-state index contributed by atoms with van der Waals surface area (Å²) in [7, 11) is 5.94. The van der Waals surface area contributed by atoms with Crippen molar-refractivity contribution in [1.82, 2.24) is 0 Å². The smallest absolute Gasteiger partial charge is 0.306 e. The van der Waals surface area contributed by atoms with Crippen LogP contribution < -0.4 is 5.11 Å². The first-order valence-corrected chi connectivity index (χ1v) is 42.0. The van der Waals surface area contributed by atoms with Crippen molar-refractivity contribution in [2.75, 3.05) is 47.5 Å². The lowest BCUT2D eigenvalue weighted by Crippen LogP contribution is -2.44. The maximum absolute atomic E-state index is 13.0. The minimum absolute atomic E-state index is 0.146. The summed E-state index contributed by atoms with van der Waals surface area (Å²) >= 11 is 0. The van der Waals surface area contributed by atoms with E-state index < -0.39 is 24.3 Å². The molecule has 9 heteroatoms. The number of nitrogens with zero attached hydrogens (tertiary/aromatic N) is 1. The van der Waals surface area contributed by atoms with Crippen molar-refractivity contribution >= 4 is 17.9 Å². The molecule has 0 saturated carbocycles. The Morgan fingerprint density at radius 3 is 0.859 bits per heavy atom. The second-order valence-corrected chi connectivity index (χ2v) is 29.4. The number of rotatable bonds is 78. The van der Waals surface area contributed by atoms with E-state index in [1.54, 1.807) is 0 Å². The molecule has 0 aliphatic rings. The quantitative estimate of drug-likeness (QED) is 0.0195. The number of quaternary nitrogens is 1. The fraction of sp³-hybridized carbons (Fsp3) is 0.767. The number of carbonyl (C=O) groups excluding carboxylic acids is 3. The van der Waals surface area contributed by atoms with Crippen LogP contribution in [0.1, 0.15) is 386 Å². The van der Waals surface area contributed by atoms with Crippen LogP contribution in [0.2, 0.25) is 0 Å². The summed E-state index contributed by atoms with van der Waals surface area (Å²) in [5, 5.41) is 11.9. The molecule has 0 aromatic heterocycles. The molecular weight excluding hydrogens is 1220 g/mol. The number of allylic oxidation sites excluding steroid dienone is 18. The molecule has 0 N–H and O–H groups in total. The van der Waals surface area contributed by atoms with Crippen molar-refractivity contribution in [2.24, 2.45) is 0 Å². The normalized spacial score (nSPS) is 13.2. The number of ether oxygens (including phenoxy) is 4. The van der Waals surface area contributed by atoms with Gasteiger partial charge in [-0.05, 0) is 103 Å². The maximum Gasteiger partial charge on any atom is 0.306 e. The summed E-state index contributed by atoms with van der Waals surface area (Å²) in [5.74, 6) is -2.27. The Morgan fingerprint density at radius 1 is 0.313 bits per heavy atom. The minimum Gasteiger partial charge on any atom is -0.545 e. The number of likely N-dealkylation sites (N-methyl/N-ethyl adjacent to an activating group) is 1. The van der Waals surface area contributed by atoms with Gasteiger partial charge < -0.3 is 33.3 Å². The first kappa shape index (κ1) is 94.9. The second kappa shape index (κ2) is 79.6. The second-order valence-electron chi connectivity index (χ2n) is 29.4. The van der Waals surface area contributed by atoms with Gasteiger partial charge in [0.05, 0.1) is 40.3 Å². The predicted molar refractivity (Wildman–Crippen MR) is 426 cm³/mol. The van der Waals surface area contributed by atoms with E-state index in [0.717, 1.165) is 89.9 Å². The highest BCUT2D eigenvalue weighted by atomic mass is 16.7. The SMILES string of the molecule is CC/C=C\C/C=C\C/C=C\C/C=C\C/C=C\C/C=C\C/C=C\CCCCCCCCCCCCCCCC(=O)OC(COC(=O)CCCCCCCCCCCCCCCCCCCCCCCCCCCCC/C=C\C/C=C\CCCCCCC)COC(OCC[N+](C)(C)C)C(=O)[O-]. The van der Waals surface area contributed by atoms with Gasteiger partial charge in [0, 0.05) is 12.8 Å². The Labute approximate surface area is 613 Å². The van der Waals surface area contributed by atoms with Gasteiger partial charge in [-0.15, -0.1) is 0 Å². The molecule has 2 unspecified atom stereocenters. The lowest BCUT2D eigenvalue weighted by Gasteiger charge is -2.26. The number of esters is 2. The van der Waals surface area contributed by atoms with Gasteiger partial charge >= 0.3 is 11.9 Å². The zero-order valence-corrected chi connectivity index (χ0v) is 65.6. The van der Waals surface area contributed by atoms with Crippen LogP contribution in [-0.2, 0) is 33.3 Å². The molecule has 0 rings (SSSR count). The molecule has 0 spiro atoms. The third kappa shape index (κ3) is 81.1. The molecule has 0 aromatic carbocycles. The average Bonchev–Trinajstić information content (AvgIpc) is 1.16. The van der Waals surface area contributed by atoms with Crippen LogP contribution in [0.3, 0.4) is 0 Å². The van der Waals surface area contributed by atoms with Crippen molar-refractivity contribution in [3.05, 3.63) is 109 Å². The Hall–Kier alpha value is -4.05. The van der Waals surface area contributed by atoms with Crippen molar-refractivity contribution in [1.29, 1.82) is 0 Å². The molecule has 572 valence electrons. The van der Waals surface area contributed by atoms with Crippen molar-refractivity contribution in [2.45, 2.75) is 399 Å². The third-order valence-electron chi connectivity index (χ3n) is 18.5. The largest absolute Gasteiger partial charge is 0.545 e. The van der Waals surface area contributed by atoms with E-state index in [1.807, 2.05) is 21.1 Å². The van der Waals surface area contributed by atoms with E-state index in [1.165, 1.54) is 263 Å². The lowest BCUT2D eigenvalue weighted by molar-refractivity contribution is -0.870. The fourth-order valence-electron chi connectivity index (χ4n) is 12.1. The molecule has 0 heterocycles. The number of hydrogen-bond acceptors (Lipinski definition) is 8. The zero-order valence-electron chi connectivity index (χ0n) is 65.6. The van der Waals surface area contributed by atoms with E-state index in [9.17, 15) is 19.5 Å². The molecule has 9 nitrogen and oxygen atoms in total. The van der Waals surface area contributed by atoms with Crippen LogP contribution in [0.15, 0.2) is 109 Å². The molecular formula is C90H159NO8. The van der Waals surface area contributed by atoms with Gasteiger partial charge in [0.1, 0.15) is 13.2 Å². The monoisotopic (exact) mass is 1380 g/mol. The highest BCUT2D eigenvalue weighted by molar-refractivity contribution is 5.70. The van der Waals surface area contributed by atoms with Crippen LogP contribution in [-0.4, -0.2) is 82.3 Å². The fourth-order valence-corrected chi connectivity index (χ4v) is 12.1. The summed E-state index contributed by atoms with van der Waals surface area (Å²) in [6, 6.07) is 0. The standard InChI is InChI=1S/C90H159NO8/c1-6-8-10-12-14-16-18-20-22-24-26-28-30-32-34-36-38-40-42-43-44-45-47-48-50-52-54-56-58-60-62-64-66-68-70-72-74-76-78-80-87(92)97-84-86(85-98-90(89(94)95)96-83-82-91(3,4)5)99-88(93)81-79-77-75-73-71-69-67-65-63-61-59-57-55-53-51-49-46-41-39-37-35-33-31-29-27-25-23-21-19-17-15-13-11-9-7-2/h9,11,15,17-18,20-21,23-24,26-27,29,33,35,39,41,49,51,86,90H,6-8,10,12-14,16,19,22,25,28,30-32,34,36-38,40,42-48,50,52-85H2,1-5H3/b11-9-,17-15-,20-18-,23-21-,26-24-,29-27-,35-33-,41-39-,51-49-. The highest BCUT2D eigenvalue weighted by Crippen LogP contribution is 2.19. The van der Waals surface area contributed by atoms with Gasteiger partial charge in [-0.3, -0.25) is 9.59 Å². The highest BCUT2D eigenvalue weighted by Gasteiger charge is 2.22. The Kier molecular flexibility index (Phi) is 76.4. The number of unbranched alkanes of at least 4 members (excludes halogenated alkanes) is 45. The van der Waals surface area contributed by atoms with Crippen LogP contribution in [0.5, 0.6) is 0 Å². The molecule has 0 fully saturated rings. The molecule has 0 aliphatic heterocycles. The van der Waals surface area contributed by atoms with Crippen LogP contribution in [0.25, 0.3) is 0 Å². The summed E-state index contributed by atoms with van der Waals surface area (Å²) in [6.45, 7) is 4.67. The van der Waals surface area contributed by atoms with Crippen molar-refractivity contribution in [3.8, 4) is 0 Å². The van der Waals surface area contributed by atoms with Gasteiger partial charge in [-0.25, -0.2) is 0 Å². The number of aliphatic carboxylic acids is 1. The van der Waals surface area contributed by atoms with Crippen molar-refractivity contribution < 1.29 is 42.9 Å². The number of carboxylic acid groups (broad SMARTS) is 1. The molecule has 0 saturated heterocycles. The van der Waals surface area contributed by atoms with Gasteiger partial charge in [-0.2, -0.15) is 0 Å². The summed E-state index contributed by atoms with van der Waals surface area (Å²) < 4.78 is 22.9. The van der Waals surface area contributed by atoms with Gasteiger partial charge in [0.15, 0.2) is 12.4 Å². The first-order valence-electron chi connectivity index (χ1n) is 42.0. The average molecular weight is 1380 g/mol. The minimum atomic E-state index is -1.63. The van der Waals surface area contributed by atoms with Gasteiger partial charge in [0.2, 0.25) is 0 Å². The Balaban J connectivity index is 3.98. The first-order chi connectivity index (χ1) is 48.6. The molecule has 0 radical (unpaired) electrons. The van der Waals surface area contributed by atoms with E-state index in [0.29, 0.717) is 23.9 Å². The van der Waals surface area contributed by atoms with Crippen LogP contribution in [0, 0.1) is 0 Å². The van der Waals surface area contributed by atoms with E-state index >= 15 is 0 Å². The number of carboxylic acids is 1. The molecule has 0 aromatic rings. The molecule has 0 amide bonds. The van der Waals surface area contributed by atoms with E-state index in [4.69, 9.17) is 18.9 Å². The zero-order chi connectivity index (χ0) is 71.8. The van der Waals surface area contributed by atoms with Gasteiger partial charge in [0.25, 0.3) is 0 Å². The predicted octanol–water partition coefficient (Wildman–Crippen LogP) is 25.9. The summed E-state index contributed by atoms with van der Waals surface area (Å²) in [5.41, 5.74) is 0. The lowest BCUT2D eigenvalue weighted by atomic mass is 10.0. The topological polar surface area (TPSA) is 111 Å². The molecule has 2 atom stereocenters. The van der Waals surface area contributed by atoms with Crippen molar-refractivity contribution in [3.63, 3.8) is 0 Å². The third-order valence-corrected chi connectivity index (χ3v) is 18.5. The number of carbonyl (C=O) groups is 3. The molecule has 0 aliphatic carbocycles. The Bertz CT molecular complexity index is 2000. The van der Waals surface area contributed by atoms with Crippen LogP contribution >= 0.6 is 0 Å². The van der Waals surface area contributed by atoms with E-state index in [2.05, 4.69) is 123 Å². The Morgan fingerprint density at radius 2 is 0.576 bits per heavy atom. The number of hydrogen-bond donors (Lipinski definition) is 0.